The highest BCUT2D eigenvalue weighted by atomic mass is 16.6. The first-order chi connectivity index (χ1) is 15.2. The van der Waals surface area contributed by atoms with Crippen LogP contribution < -0.4 is 9.47 Å². The molecule has 1 aromatic rings. The lowest BCUT2D eigenvalue weighted by Crippen LogP contribution is -2.43. The number of hydrogen-bond donors (Lipinski definition) is 0. The number of carbonyl (C=O) groups is 3. The van der Waals surface area contributed by atoms with Crippen LogP contribution in [0.4, 0.5) is 0 Å². The summed E-state index contributed by atoms with van der Waals surface area (Å²) in [6.07, 6.45) is 8.90. The quantitative estimate of drug-likeness (QED) is 0.387. The van der Waals surface area contributed by atoms with Crippen molar-refractivity contribution in [2.75, 3.05) is 0 Å². The number of cyclic esters (lactones) is 1. The molecule has 0 saturated carbocycles. The summed E-state index contributed by atoms with van der Waals surface area (Å²) < 4.78 is 22.7. The second-order valence-corrected chi connectivity index (χ2v) is 7.99. The van der Waals surface area contributed by atoms with Gasteiger partial charge in [-0.2, -0.15) is 0 Å². The molecule has 7 nitrogen and oxygen atoms in total. The first kappa shape index (κ1) is 23.3. The van der Waals surface area contributed by atoms with Gasteiger partial charge < -0.3 is 18.9 Å². The first-order valence-electron chi connectivity index (χ1n) is 10.7. The molecule has 0 fully saturated rings. The third-order valence-electron chi connectivity index (χ3n) is 5.40. The second kappa shape index (κ2) is 9.85. The van der Waals surface area contributed by atoms with Crippen LogP contribution >= 0.6 is 0 Å². The maximum atomic E-state index is 12.8. The summed E-state index contributed by atoms with van der Waals surface area (Å²) in [7, 11) is 0. The van der Waals surface area contributed by atoms with Gasteiger partial charge in [0.15, 0.2) is 0 Å². The molecule has 32 heavy (non-hydrogen) atoms. The fourth-order valence-electron chi connectivity index (χ4n) is 3.87. The zero-order chi connectivity index (χ0) is 23.3. The lowest BCUT2D eigenvalue weighted by molar-refractivity contribution is -0.141. The van der Waals surface area contributed by atoms with E-state index in [1.807, 2.05) is 26.0 Å². The molecule has 2 atom stereocenters. The van der Waals surface area contributed by atoms with E-state index in [1.165, 1.54) is 13.8 Å². The van der Waals surface area contributed by atoms with Crippen molar-refractivity contribution in [1.29, 1.82) is 0 Å². The van der Waals surface area contributed by atoms with Gasteiger partial charge in [-0.25, -0.2) is 4.79 Å². The smallest absolute Gasteiger partial charge is 0.334 e. The van der Waals surface area contributed by atoms with Crippen molar-refractivity contribution in [3.8, 4) is 11.5 Å². The summed E-state index contributed by atoms with van der Waals surface area (Å²) in [5, 5.41) is 0. The van der Waals surface area contributed by atoms with Crippen LogP contribution in [0.3, 0.4) is 0 Å². The van der Waals surface area contributed by atoms with Gasteiger partial charge in [-0.3, -0.25) is 9.59 Å². The molecule has 0 amide bonds. The summed E-state index contributed by atoms with van der Waals surface area (Å²) in [4.78, 5) is 35.8. The average molecular weight is 440 g/mol. The molecule has 0 radical (unpaired) electrons. The van der Waals surface area contributed by atoms with E-state index in [0.29, 0.717) is 47.7 Å². The zero-order valence-corrected chi connectivity index (χ0v) is 18.8. The molecule has 0 N–H and O–H groups in total. The van der Waals surface area contributed by atoms with Gasteiger partial charge in [-0.1, -0.05) is 26.0 Å². The molecule has 7 heteroatoms. The van der Waals surface area contributed by atoms with Crippen molar-refractivity contribution in [2.45, 2.75) is 59.2 Å². The number of benzene rings is 1. The molecular weight excluding hydrogens is 412 g/mol. The Labute approximate surface area is 187 Å². The normalized spacial score (nSPS) is 24.1. The van der Waals surface area contributed by atoms with Gasteiger partial charge in [-0.05, 0) is 31.1 Å². The van der Waals surface area contributed by atoms with E-state index in [0.717, 1.165) is 0 Å². The molecule has 1 aromatic carbocycles. The SMILES string of the molecule is CC/C=C1\CC(C)C2(C=C(OC(C)=O)C=CC2)Oc2cc(OC(C)=O)ccc2COC1=O. The lowest BCUT2D eigenvalue weighted by atomic mass is 9.78. The molecule has 2 unspecified atom stereocenters. The molecule has 170 valence electrons. The van der Waals surface area contributed by atoms with Crippen molar-refractivity contribution >= 4 is 17.9 Å². The van der Waals surface area contributed by atoms with Gasteiger partial charge in [-0.15, -0.1) is 0 Å². The van der Waals surface area contributed by atoms with E-state index in [9.17, 15) is 14.4 Å². The second-order valence-electron chi connectivity index (χ2n) is 7.99. The molecule has 0 saturated heterocycles. The molecule has 1 spiro atoms. The molecule has 0 aromatic heterocycles. The number of fused-ring (bicyclic) bond motifs is 1. The highest BCUT2D eigenvalue weighted by Gasteiger charge is 2.40. The Bertz CT molecular complexity index is 1000. The number of ether oxygens (including phenoxy) is 4. The van der Waals surface area contributed by atoms with Crippen molar-refractivity contribution in [1.82, 2.24) is 0 Å². The average Bonchev–Trinajstić information content (AvgIpc) is 2.71. The van der Waals surface area contributed by atoms with Gasteiger partial charge >= 0.3 is 17.9 Å². The first-order valence-corrected chi connectivity index (χ1v) is 10.7. The Morgan fingerprint density at radius 2 is 1.97 bits per heavy atom. The van der Waals surface area contributed by atoms with Gasteiger partial charge in [0.2, 0.25) is 0 Å². The molecule has 3 rings (SSSR count). The summed E-state index contributed by atoms with van der Waals surface area (Å²) in [5.41, 5.74) is 0.323. The summed E-state index contributed by atoms with van der Waals surface area (Å²) >= 11 is 0. The van der Waals surface area contributed by atoms with Crippen LogP contribution in [0.5, 0.6) is 11.5 Å². The van der Waals surface area contributed by atoms with Gasteiger partial charge in [0.1, 0.15) is 29.5 Å². The fraction of sp³-hybridized carbons (Fsp3) is 0.400. The zero-order valence-electron chi connectivity index (χ0n) is 18.8. The summed E-state index contributed by atoms with van der Waals surface area (Å²) in [6.45, 7) is 6.61. The minimum atomic E-state index is -0.895. The van der Waals surface area contributed by atoms with Crippen LogP contribution in [0.25, 0.3) is 0 Å². The number of hydrogen-bond acceptors (Lipinski definition) is 7. The Balaban J connectivity index is 2.12. The molecule has 2 aliphatic rings. The third kappa shape index (κ3) is 5.46. The van der Waals surface area contributed by atoms with Gasteiger partial charge in [0, 0.05) is 49.5 Å². The van der Waals surface area contributed by atoms with Crippen LogP contribution in [0.2, 0.25) is 0 Å². The predicted octanol–water partition coefficient (Wildman–Crippen LogP) is 4.56. The number of carbonyl (C=O) groups excluding carboxylic acids is 3. The van der Waals surface area contributed by atoms with Crippen molar-refractivity contribution < 1.29 is 33.3 Å². The molecule has 1 aliphatic heterocycles. The maximum absolute atomic E-state index is 12.8. The molecule has 1 heterocycles. The van der Waals surface area contributed by atoms with E-state index in [2.05, 4.69) is 0 Å². The topological polar surface area (TPSA) is 88.1 Å². The van der Waals surface area contributed by atoms with Gasteiger partial charge in [0.25, 0.3) is 0 Å². The third-order valence-corrected chi connectivity index (χ3v) is 5.40. The van der Waals surface area contributed by atoms with E-state index >= 15 is 0 Å². The van der Waals surface area contributed by atoms with Crippen LogP contribution in [0.1, 0.15) is 52.5 Å². The number of rotatable bonds is 3. The van der Waals surface area contributed by atoms with Crippen molar-refractivity contribution in [3.05, 3.63) is 59.4 Å². The number of allylic oxidation sites excluding steroid dienone is 2. The summed E-state index contributed by atoms with van der Waals surface area (Å²) in [6, 6.07) is 4.95. The Morgan fingerprint density at radius 1 is 1.22 bits per heavy atom. The largest absolute Gasteiger partial charge is 0.482 e. The van der Waals surface area contributed by atoms with Crippen LogP contribution in [-0.2, 0) is 30.5 Å². The van der Waals surface area contributed by atoms with Crippen molar-refractivity contribution in [2.24, 2.45) is 5.92 Å². The van der Waals surface area contributed by atoms with E-state index in [4.69, 9.17) is 18.9 Å². The van der Waals surface area contributed by atoms with E-state index < -0.39 is 17.5 Å². The molecule has 1 aliphatic carbocycles. The molecular formula is C25H28O7. The van der Waals surface area contributed by atoms with Crippen LogP contribution in [0.15, 0.2) is 53.8 Å². The maximum Gasteiger partial charge on any atom is 0.334 e. The Morgan fingerprint density at radius 3 is 2.66 bits per heavy atom. The fourth-order valence-corrected chi connectivity index (χ4v) is 3.87. The highest BCUT2D eigenvalue weighted by Crippen LogP contribution is 2.40. The minimum Gasteiger partial charge on any atom is -0.482 e. The predicted molar refractivity (Wildman–Crippen MR) is 117 cm³/mol. The molecule has 0 bridgehead atoms. The van der Waals surface area contributed by atoms with Crippen LogP contribution in [-0.4, -0.2) is 23.5 Å². The van der Waals surface area contributed by atoms with Crippen LogP contribution in [0, 0.1) is 5.92 Å². The lowest BCUT2D eigenvalue weighted by Gasteiger charge is -2.39. The minimum absolute atomic E-state index is 0.0103. The highest BCUT2D eigenvalue weighted by molar-refractivity contribution is 5.88. The van der Waals surface area contributed by atoms with E-state index in [-0.39, 0.29) is 18.5 Å². The Hall–Kier alpha value is -3.35. The summed E-state index contributed by atoms with van der Waals surface area (Å²) in [5.74, 6) is -0.295. The van der Waals surface area contributed by atoms with Gasteiger partial charge in [0.05, 0.1) is 0 Å². The monoisotopic (exact) mass is 440 g/mol. The number of esters is 3. The van der Waals surface area contributed by atoms with Crippen molar-refractivity contribution in [3.63, 3.8) is 0 Å². The van der Waals surface area contributed by atoms with E-state index in [1.54, 1.807) is 30.4 Å². The standard InChI is InChI=1S/C25H28O7/c1-5-7-19-12-16(2)25(11-6-8-22(14-25)31-18(4)27)32-23-13-21(30-17(3)26)10-9-20(23)15-29-24(19)28/h6-10,13-14,16H,5,11-12,15H2,1-4H3/b19-7+. The Kier molecular flexibility index (Phi) is 7.18.